The molecule has 1 amide bonds. The summed E-state index contributed by atoms with van der Waals surface area (Å²) in [6, 6.07) is 5.71. The van der Waals surface area contributed by atoms with Crippen LogP contribution in [0, 0.1) is 19.8 Å². The minimum atomic E-state index is -0.143. The molecule has 9 heteroatoms. The van der Waals surface area contributed by atoms with Crippen LogP contribution in [0.5, 0.6) is 11.5 Å². The summed E-state index contributed by atoms with van der Waals surface area (Å²) in [5.74, 6) is 2.16. The van der Waals surface area contributed by atoms with E-state index in [-0.39, 0.29) is 24.3 Å². The fourth-order valence-electron chi connectivity index (χ4n) is 3.81. The zero-order valence-electron chi connectivity index (χ0n) is 18.4. The lowest BCUT2D eigenvalue weighted by Gasteiger charge is -2.25. The molecule has 1 aliphatic heterocycles. The molecule has 2 aromatic heterocycles. The van der Waals surface area contributed by atoms with Crippen molar-refractivity contribution in [2.45, 2.75) is 45.3 Å². The van der Waals surface area contributed by atoms with Crippen LogP contribution in [0.3, 0.4) is 0 Å². The van der Waals surface area contributed by atoms with E-state index in [0.29, 0.717) is 24.1 Å². The predicted molar refractivity (Wildman–Crippen MR) is 119 cm³/mol. The van der Waals surface area contributed by atoms with Gasteiger partial charge >= 0.3 is 0 Å². The van der Waals surface area contributed by atoms with Crippen LogP contribution in [-0.4, -0.2) is 45.0 Å². The van der Waals surface area contributed by atoms with Gasteiger partial charge in [-0.2, -0.15) is 4.98 Å². The molecule has 3 aromatic rings. The van der Waals surface area contributed by atoms with Gasteiger partial charge in [-0.1, -0.05) is 31.7 Å². The summed E-state index contributed by atoms with van der Waals surface area (Å²) in [7, 11) is 0. The van der Waals surface area contributed by atoms with E-state index in [4.69, 9.17) is 9.47 Å². The van der Waals surface area contributed by atoms with Gasteiger partial charge in [0, 0.05) is 17.0 Å². The average Bonchev–Trinajstić information content (AvgIpc) is 3.17. The number of rotatable bonds is 6. The summed E-state index contributed by atoms with van der Waals surface area (Å²) >= 11 is 1.47. The Hall–Kier alpha value is -2.81. The first-order valence-corrected chi connectivity index (χ1v) is 11.6. The number of benzene rings is 1. The second kappa shape index (κ2) is 8.74. The van der Waals surface area contributed by atoms with Crippen molar-refractivity contribution in [3.05, 3.63) is 40.7 Å². The van der Waals surface area contributed by atoms with Gasteiger partial charge in [0.05, 0.1) is 12.5 Å². The smallest absolute Gasteiger partial charge is 0.253 e. The zero-order chi connectivity index (χ0) is 22.1. The van der Waals surface area contributed by atoms with E-state index >= 15 is 0 Å². The zero-order valence-corrected chi connectivity index (χ0v) is 19.2. The third kappa shape index (κ3) is 4.32. The van der Waals surface area contributed by atoms with Crippen LogP contribution in [0.25, 0.3) is 5.78 Å². The van der Waals surface area contributed by atoms with Crippen molar-refractivity contribution in [2.75, 3.05) is 19.5 Å². The number of nitrogens with one attached hydrogen (secondary N) is 1. The van der Waals surface area contributed by atoms with Crippen LogP contribution in [0.4, 0.5) is 0 Å². The number of fused-ring (bicyclic) bond motifs is 2. The fraction of sp³-hybridized carbons (Fsp3) is 0.455. The Morgan fingerprint density at radius 2 is 1.94 bits per heavy atom. The summed E-state index contributed by atoms with van der Waals surface area (Å²) in [5.41, 5.74) is 3.54. The third-order valence-electron chi connectivity index (χ3n) is 5.46. The highest BCUT2D eigenvalue weighted by Gasteiger charge is 2.23. The summed E-state index contributed by atoms with van der Waals surface area (Å²) in [6.45, 7) is 9.12. The lowest BCUT2D eigenvalue weighted by molar-refractivity contribution is -0.121. The van der Waals surface area contributed by atoms with Crippen LogP contribution in [0.15, 0.2) is 23.4 Å². The van der Waals surface area contributed by atoms with Crippen LogP contribution < -0.4 is 14.8 Å². The van der Waals surface area contributed by atoms with E-state index in [2.05, 4.69) is 34.2 Å². The normalized spacial score (nSPS) is 14.1. The lowest BCUT2D eigenvalue weighted by atomic mass is 9.95. The summed E-state index contributed by atoms with van der Waals surface area (Å²) in [4.78, 5) is 22.0. The molecule has 0 saturated heterocycles. The van der Waals surface area contributed by atoms with Gasteiger partial charge in [0.25, 0.3) is 5.78 Å². The molecule has 1 aromatic carbocycles. The number of ether oxygens (including phenoxy) is 2. The van der Waals surface area contributed by atoms with E-state index in [0.717, 1.165) is 34.0 Å². The summed E-state index contributed by atoms with van der Waals surface area (Å²) in [6.07, 6.45) is 2.15. The average molecular weight is 442 g/mol. The highest BCUT2D eigenvalue weighted by atomic mass is 32.2. The standard InChI is InChI=1S/C22H27N5O3S/c1-12(2)20(15-6-7-17-18(10-15)30-9-8-29-17)24-19(28)11-16-13(3)23-21-25-22(31-5)26-27(21)14(16)4/h6-7,10,12,20H,8-9,11H2,1-5H3,(H,24,28). The molecule has 0 saturated carbocycles. The molecular formula is C22H27N5O3S. The van der Waals surface area contributed by atoms with Crippen molar-refractivity contribution in [1.29, 1.82) is 0 Å². The second-order valence-electron chi connectivity index (χ2n) is 7.94. The third-order valence-corrected chi connectivity index (χ3v) is 6.00. The topological polar surface area (TPSA) is 90.6 Å². The van der Waals surface area contributed by atoms with E-state index < -0.39 is 0 Å². The van der Waals surface area contributed by atoms with Gasteiger partial charge in [-0.25, -0.2) is 9.50 Å². The number of aromatic nitrogens is 4. The Morgan fingerprint density at radius 3 is 2.65 bits per heavy atom. The molecule has 0 radical (unpaired) electrons. The monoisotopic (exact) mass is 441 g/mol. The van der Waals surface area contributed by atoms with Crippen molar-refractivity contribution in [1.82, 2.24) is 24.9 Å². The highest BCUT2D eigenvalue weighted by molar-refractivity contribution is 7.98. The SMILES string of the molecule is CSc1nc2nc(C)c(CC(=O)NC(c3ccc4c(c3)OCCO4)C(C)C)c(C)n2n1. The van der Waals surface area contributed by atoms with Crippen molar-refractivity contribution in [3.8, 4) is 11.5 Å². The number of nitrogens with zero attached hydrogens (tertiary/aromatic N) is 4. The minimum Gasteiger partial charge on any atom is -0.486 e. The summed E-state index contributed by atoms with van der Waals surface area (Å²) in [5, 5.41) is 8.32. The lowest BCUT2D eigenvalue weighted by Crippen LogP contribution is -2.33. The molecule has 0 aliphatic carbocycles. The van der Waals surface area contributed by atoms with Gasteiger partial charge in [-0.15, -0.1) is 5.10 Å². The van der Waals surface area contributed by atoms with E-state index in [1.54, 1.807) is 4.52 Å². The van der Waals surface area contributed by atoms with Gasteiger partial charge in [0.1, 0.15) is 13.2 Å². The van der Waals surface area contributed by atoms with Gasteiger partial charge in [-0.05, 0) is 43.7 Å². The van der Waals surface area contributed by atoms with Crippen molar-refractivity contribution in [3.63, 3.8) is 0 Å². The number of carbonyl (C=O) groups excluding carboxylic acids is 1. The van der Waals surface area contributed by atoms with E-state index in [1.165, 1.54) is 11.8 Å². The molecule has 164 valence electrons. The first kappa shape index (κ1) is 21.4. The summed E-state index contributed by atoms with van der Waals surface area (Å²) < 4.78 is 13.0. The Kier molecular flexibility index (Phi) is 6.04. The highest BCUT2D eigenvalue weighted by Crippen LogP contribution is 2.34. The van der Waals surface area contributed by atoms with Crippen LogP contribution >= 0.6 is 11.8 Å². The van der Waals surface area contributed by atoms with Gasteiger partial charge in [0.15, 0.2) is 11.5 Å². The molecule has 0 bridgehead atoms. The fourth-order valence-corrected chi connectivity index (χ4v) is 4.14. The maximum atomic E-state index is 13.0. The van der Waals surface area contributed by atoms with Gasteiger partial charge in [0.2, 0.25) is 11.1 Å². The van der Waals surface area contributed by atoms with Gasteiger partial charge in [-0.3, -0.25) is 4.79 Å². The predicted octanol–water partition coefficient (Wildman–Crippen LogP) is 3.29. The maximum Gasteiger partial charge on any atom is 0.253 e. The molecule has 1 unspecified atom stereocenters. The molecule has 1 aliphatic rings. The van der Waals surface area contributed by atoms with Gasteiger partial charge < -0.3 is 14.8 Å². The second-order valence-corrected chi connectivity index (χ2v) is 8.71. The number of hydrogen-bond donors (Lipinski definition) is 1. The molecular weight excluding hydrogens is 414 g/mol. The van der Waals surface area contributed by atoms with Crippen molar-refractivity contribution in [2.24, 2.45) is 5.92 Å². The molecule has 31 heavy (non-hydrogen) atoms. The Bertz CT molecular complexity index is 1130. The number of thioether (sulfide) groups is 1. The van der Waals surface area contributed by atoms with Crippen LogP contribution in [0.2, 0.25) is 0 Å². The first-order chi connectivity index (χ1) is 14.9. The molecule has 0 fully saturated rings. The largest absolute Gasteiger partial charge is 0.486 e. The Morgan fingerprint density at radius 1 is 1.19 bits per heavy atom. The Labute approximate surface area is 185 Å². The van der Waals surface area contributed by atoms with Crippen LogP contribution in [0.1, 0.15) is 42.4 Å². The number of carbonyl (C=O) groups is 1. The molecule has 3 heterocycles. The van der Waals surface area contributed by atoms with Crippen LogP contribution in [-0.2, 0) is 11.2 Å². The van der Waals surface area contributed by atoms with E-state index in [9.17, 15) is 4.79 Å². The van der Waals surface area contributed by atoms with Crippen molar-refractivity contribution >= 4 is 23.4 Å². The molecule has 0 spiro atoms. The number of amides is 1. The Balaban J connectivity index is 1.56. The minimum absolute atomic E-state index is 0.0638. The molecule has 4 rings (SSSR count). The van der Waals surface area contributed by atoms with E-state index in [1.807, 2.05) is 38.3 Å². The number of aryl methyl sites for hydroxylation is 2. The quantitative estimate of drug-likeness (QED) is 0.587. The molecule has 1 N–H and O–H groups in total. The number of hydrogen-bond acceptors (Lipinski definition) is 7. The first-order valence-electron chi connectivity index (χ1n) is 10.3. The molecule has 8 nitrogen and oxygen atoms in total. The van der Waals surface area contributed by atoms with Crippen molar-refractivity contribution < 1.29 is 14.3 Å². The maximum absolute atomic E-state index is 13.0. The molecule has 1 atom stereocenters.